The highest BCUT2D eigenvalue weighted by Gasteiger charge is 2.57. The fourth-order valence-corrected chi connectivity index (χ4v) is 7.43. The van der Waals surface area contributed by atoms with Crippen LogP contribution in [0.15, 0.2) is 59.5 Å². The molecule has 2 aromatic rings. The maximum Gasteiger partial charge on any atom is 0.407 e. The fourth-order valence-electron chi connectivity index (χ4n) is 5.92. The number of nitrogens with one attached hydrogen (secondary N) is 2. The molecule has 3 N–H and O–H groups in total. The van der Waals surface area contributed by atoms with Gasteiger partial charge in [0.05, 0.1) is 35.8 Å². The molecule has 1 aliphatic rings. The van der Waals surface area contributed by atoms with Crippen LogP contribution in [-0.4, -0.2) is 50.0 Å². The van der Waals surface area contributed by atoms with Gasteiger partial charge in [-0.1, -0.05) is 43.2 Å². The molecule has 1 fully saturated rings. The lowest BCUT2D eigenvalue weighted by Gasteiger charge is -2.51. The Morgan fingerprint density at radius 1 is 1.07 bits per heavy atom. The molecular formula is C31H43N3O6S. The summed E-state index contributed by atoms with van der Waals surface area (Å²) in [6, 6.07) is 16.7. The molecule has 0 bridgehead atoms. The number of hydrogen-bond acceptors (Lipinski definition) is 7. The van der Waals surface area contributed by atoms with Crippen LogP contribution in [0.5, 0.6) is 5.75 Å². The van der Waals surface area contributed by atoms with E-state index in [9.17, 15) is 23.6 Å². The Labute approximate surface area is 244 Å². The molecule has 1 saturated carbocycles. The number of nitrogens with zero attached hydrogens (tertiary/aromatic N) is 1. The molecule has 41 heavy (non-hydrogen) atoms. The summed E-state index contributed by atoms with van der Waals surface area (Å²) in [5.41, 5.74) is -2.10. The quantitative estimate of drug-likeness (QED) is 0.315. The van der Waals surface area contributed by atoms with Gasteiger partial charge in [0, 0.05) is 6.42 Å². The predicted molar refractivity (Wildman–Crippen MR) is 157 cm³/mol. The normalized spacial score (nSPS) is 18.0. The molecule has 3 rings (SSSR count). The second-order valence-electron chi connectivity index (χ2n) is 12.0. The third-order valence-electron chi connectivity index (χ3n) is 8.07. The number of carbonyl (C=O) groups is 1. The molecule has 10 heteroatoms. The fraction of sp³-hybridized carbons (Fsp3) is 0.548. The standard InChI is InChI=1S/C31H43N3O6S/c1-29(2,3)40-28(36)33-26(22-23-12-7-6-8-13-23)27(35)30(4,31(20-11-21-32)18-9-10-19-31)34-41(37,38)25-16-14-24(39-5)15-17-25/h6-8,12-17,26-27,34-35H,9-11,18-20,22H2,1-5H3,(H,33,36)/t26-,27+,30?/m0/s1. The van der Waals surface area contributed by atoms with Crippen molar-refractivity contribution in [2.45, 2.75) is 101 Å². The van der Waals surface area contributed by atoms with Crippen LogP contribution >= 0.6 is 0 Å². The Kier molecular flexibility index (Phi) is 10.5. The van der Waals surface area contributed by atoms with Gasteiger partial charge in [-0.2, -0.15) is 5.26 Å². The molecule has 0 spiro atoms. The molecule has 2 aromatic carbocycles. The van der Waals surface area contributed by atoms with Crippen molar-refractivity contribution in [1.82, 2.24) is 10.0 Å². The summed E-state index contributed by atoms with van der Waals surface area (Å²) in [4.78, 5) is 13.0. The lowest BCUT2D eigenvalue weighted by molar-refractivity contribution is -0.0353. The van der Waals surface area contributed by atoms with Crippen molar-refractivity contribution in [1.29, 1.82) is 5.26 Å². The number of sulfonamides is 1. The van der Waals surface area contributed by atoms with Gasteiger partial charge in [0.1, 0.15) is 11.4 Å². The Morgan fingerprint density at radius 3 is 2.22 bits per heavy atom. The zero-order valence-corrected chi connectivity index (χ0v) is 25.5. The number of amides is 1. The van der Waals surface area contributed by atoms with Crippen molar-refractivity contribution in [2.75, 3.05) is 7.11 Å². The van der Waals surface area contributed by atoms with Gasteiger partial charge in [-0.3, -0.25) is 0 Å². The number of aliphatic hydroxyl groups excluding tert-OH is 1. The minimum atomic E-state index is -4.14. The zero-order chi connectivity index (χ0) is 30.3. The Hall–Kier alpha value is -3.13. The average molecular weight is 586 g/mol. The highest BCUT2D eigenvalue weighted by molar-refractivity contribution is 7.89. The summed E-state index contributed by atoms with van der Waals surface area (Å²) in [6.45, 7) is 6.95. The maximum absolute atomic E-state index is 13.9. The van der Waals surface area contributed by atoms with Crippen LogP contribution in [0.3, 0.4) is 0 Å². The molecule has 0 heterocycles. The number of nitriles is 1. The Balaban J connectivity index is 2.10. The number of methoxy groups -OCH3 is 1. The minimum absolute atomic E-state index is 0.0184. The Morgan fingerprint density at radius 2 is 1.68 bits per heavy atom. The van der Waals surface area contributed by atoms with Gasteiger partial charge in [0.15, 0.2) is 0 Å². The molecule has 224 valence electrons. The van der Waals surface area contributed by atoms with Gasteiger partial charge in [0.2, 0.25) is 10.0 Å². The summed E-state index contributed by atoms with van der Waals surface area (Å²) in [5.74, 6) is 0.512. The van der Waals surface area contributed by atoms with Crippen LogP contribution in [0.2, 0.25) is 0 Å². The molecule has 1 amide bonds. The third kappa shape index (κ3) is 8.00. The first-order valence-corrected chi connectivity index (χ1v) is 15.5. The molecule has 0 radical (unpaired) electrons. The monoisotopic (exact) mass is 585 g/mol. The van der Waals surface area contributed by atoms with Crippen molar-refractivity contribution in [2.24, 2.45) is 5.41 Å². The third-order valence-corrected chi connectivity index (χ3v) is 9.65. The van der Waals surface area contributed by atoms with E-state index in [1.165, 1.54) is 19.2 Å². The van der Waals surface area contributed by atoms with E-state index < -0.39 is 44.8 Å². The van der Waals surface area contributed by atoms with E-state index in [2.05, 4.69) is 16.1 Å². The smallest absolute Gasteiger partial charge is 0.407 e. The second kappa shape index (κ2) is 13.2. The second-order valence-corrected chi connectivity index (χ2v) is 13.7. The summed E-state index contributed by atoms with van der Waals surface area (Å²) in [5, 5.41) is 24.6. The van der Waals surface area contributed by atoms with Crippen LogP contribution in [0.1, 0.15) is 71.8 Å². The summed E-state index contributed by atoms with van der Waals surface area (Å²) in [6.07, 6.45) is 1.66. The Bertz CT molecular complexity index is 1300. The number of hydrogen-bond donors (Lipinski definition) is 3. The van der Waals surface area contributed by atoms with Crippen LogP contribution in [0.25, 0.3) is 0 Å². The summed E-state index contributed by atoms with van der Waals surface area (Å²) in [7, 11) is -2.65. The number of aliphatic hydroxyl groups is 1. The molecule has 1 unspecified atom stereocenters. The lowest BCUT2D eigenvalue weighted by atomic mass is 9.62. The number of ether oxygens (including phenoxy) is 2. The first kappa shape index (κ1) is 32.4. The zero-order valence-electron chi connectivity index (χ0n) is 24.6. The van der Waals surface area contributed by atoms with E-state index in [4.69, 9.17) is 9.47 Å². The van der Waals surface area contributed by atoms with Crippen molar-refractivity contribution >= 4 is 16.1 Å². The van der Waals surface area contributed by atoms with Crippen molar-refractivity contribution < 1.29 is 27.8 Å². The molecule has 1 aliphatic carbocycles. The molecule has 3 atom stereocenters. The van der Waals surface area contributed by atoms with Gasteiger partial charge < -0.3 is 19.9 Å². The summed E-state index contributed by atoms with van der Waals surface area (Å²) >= 11 is 0. The highest BCUT2D eigenvalue weighted by Crippen LogP contribution is 2.52. The van der Waals surface area contributed by atoms with Crippen molar-refractivity contribution in [3.05, 3.63) is 60.2 Å². The molecule has 9 nitrogen and oxygen atoms in total. The number of carbonyl (C=O) groups excluding carboxylic acids is 1. The first-order chi connectivity index (χ1) is 19.2. The van der Waals surface area contributed by atoms with Crippen molar-refractivity contribution in [3.63, 3.8) is 0 Å². The number of rotatable bonds is 12. The SMILES string of the molecule is COc1ccc(S(=O)(=O)NC(C)([C@H](O)[C@H](Cc2ccccc2)NC(=O)OC(C)(C)C)C2(CCC#N)CCCC2)cc1. The predicted octanol–water partition coefficient (Wildman–Crippen LogP) is 5.09. The highest BCUT2D eigenvalue weighted by atomic mass is 32.2. The van der Waals surface area contributed by atoms with Gasteiger partial charge >= 0.3 is 6.09 Å². The van der Waals surface area contributed by atoms with Gasteiger partial charge in [-0.05, 0) is 88.6 Å². The van der Waals surface area contributed by atoms with E-state index in [1.54, 1.807) is 39.8 Å². The first-order valence-electron chi connectivity index (χ1n) is 14.0. The largest absolute Gasteiger partial charge is 0.497 e. The van der Waals surface area contributed by atoms with Gasteiger partial charge in [-0.15, -0.1) is 0 Å². The minimum Gasteiger partial charge on any atom is -0.497 e. The molecule has 0 aliphatic heterocycles. The van der Waals surface area contributed by atoms with E-state index in [1.807, 2.05) is 30.3 Å². The molecule has 0 aromatic heterocycles. The summed E-state index contributed by atoms with van der Waals surface area (Å²) < 4.78 is 41.3. The van der Waals surface area contributed by atoms with E-state index in [-0.39, 0.29) is 17.7 Å². The van der Waals surface area contributed by atoms with Crippen LogP contribution in [-0.2, 0) is 21.2 Å². The topological polar surface area (TPSA) is 138 Å². The molecular weight excluding hydrogens is 542 g/mol. The van der Waals surface area contributed by atoms with Crippen LogP contribution < -0.4 is 14.8 Å². The van der Waals surface area contributed by atoms with Gasteiger partial charge in [-0.25, -0.2) is 17.9 Å². The van der Waals surface area contributed by atoms with Gasteiger partial charge in [0.25, 0.3) is 0 Å². The van der Waals surface area contributed by atoms with E-state index >= 15 is 0 Å². The number of alkyl carbamates (subject to hydrolysis) is 1. The maximum atomic E-state index is 13.9. The van der Waals surface area contributed by atoms with Crippen molar-refractivity contribution in [3.8, 4) is 11.8 Å². The van der Waals surface area contributed by atoms with E-state index in [0.29, 0.717) is 25.0 Å². The van der Waals surface area contributed by atoms with Crippen LogP contribution in [0, 0.1) is 16.7 Å². The van der Waals surface area contributed by atoms with E-state index in [0.717, 1.165) is 18.4 Å². The number of benzene rings is 2. The molecule has 0 saturated heterocycles. The lowest BCUT2D eigenvalue weighted by Crippen LogP contribution is -2.69. The average Bonchev–Trinajstić information content (AvgIpc) is 3.41. The van der Waals surface area contributed by atoms with Crippen LogP contribution in [0.4, 0.5) is 4.79 Å².